The molecule has 0 saturated carbocycles. The van der Waals surface area contributed by atoms with Gasteiger partial charge in [-0.2, -0.15) is 11.8 Å². The van der Waals surface area contributed by atoms with Gasteiger partial charge in [-0.3, -0.25) is 0 Å². The lowest BCUT2D eigenvalue weighted by molar-refractivity contribution is -0.132. The molecular weight excluding hydrogens is 428 g/mol. The lowest BCUT2D eigenvalue weighted by Crippen LogP contribution is -2.44. The van der Waals surface area contributed by atoms with Gasteiger partial charge in [0.15, 0.2) is 0 Å². The van der Waals surface area contributed by atoms with Crippen LogP contribution in [0.1, 0.15) is 73.6 Å². The second-order valence-corrected chi connectivity index (χ2v) is 17.1. The van der Waals surface area contributed by atoms with Crippen LogP contribution in [0.4, 0.5) is 0 Å². The zero-order valence-corrected chi connectivity index (χ0v) is 24.4. The Kier molecular flexibility index (Phi) is 13.7. The molecule has 2 unspecified atom stereocenters. The van der Waals surface area contributed by atoms with Crippen molar-refractivity contribution >= 4 is 21.8 Å². The van der Waals surface area contributed by atoms with E-state index in [1.54, 1.807) is 14.2 Å². The van der Waals surface area contributed by atoms with Crippen molar-refractivity contribution in [2.45, 2.75) is 96.1 Å². The van der Waals surface area contributed by atoms with Gasteiger partial charge in [0.2, 0.25) is 0 Å². The summed E-state index contributed by atoms with van der Waals surface area (Å²) in [5, 5.41) is 0. The highest BCUT2D eigenvalue weighted by Gasteiger charge is 2.38. The third-order valence-corrected chi connectivity index (χ3v) is 8.28. The minimum Gasteiger partial charge on any atom is -0.379 e. The molecule has 0 aromatic rings. The maximum atomic E-state index is 6.63. The first-order valence-corrected chi connectivity index (χ1v) is 16.0. The van der Waals surface area contributed by atoms with Crippen LogP contribution in [0.3, 0.4) is 0 Å². The Hall–Kier alpha value is 0.540. The van der Waals surface area contributed by atoms with E-state index in [-0.39, 0.29) is 22.4 Å². The Morgan fingerprint density at radius 2 is 1.10 bits per heavy atom. The molecule has 0 spiro atoms. The third-order valence-electron chi connectivity index (χ3n) is 6.24. The molecule has 0 rings (SSSR count). The fourth-order valence-electron chi connectivity index (χ4n) is 3.34. The number of hydrogen-bond acceptors (Lipinski definition) is 5. The quantitative estimate of drug-likeness (QED) is 0.226. The molecule has 4 nitrogen and oxygen atoms in total. The van der Waals surface area contributed by atoms with E-state index in [2.05, 4.69) is 66.6 Å². The smallest absolute Gasteiger partial charge is 0.0689 e. The summed E-state index contributed by atoms with van der Waals surface area (Å²) in [5.41, 5.74) is -0.762. The molecule has 0 aliphatic rings. The van der Waals surface area contributed by atoms with E-state index >= 15 is 0 Å². The first-order chi connectivity index (χ1) is 14.0. The predicted molar refractivity (Wildman–Crippen MR) is 143 cm³/mol. The molecule has 0 fully saturated rings. The van der Waals surface area contributed by atoms with E-state index in [1.165, 1.54) is 5.75 Å². The van der Waals surface area contributed by atoms with E-state index in [1.807, 2.05) is 11.8 Å². The van der Waals surface area contributed by atoms with Crippen LogP contribution >= 0.6 is 21.8 Å². The number of rotatable bonds is 18. The third kappa shape index (κ3) is 15.1. The summed E-state index contributed by atoms with van der Waals surface area (Å²) in [6.07, 6.45) is 14.1. The fraction of sp³-hybridized carbons (Fsp3) is 1.00. The van der Waals surface area contributed by atoms with Gasteiger partial charge in [0.1, 0.15) is 0 Å². The summed E-state index contributed by atoms with van der Waals surface area (Å²) in [5.74, 6) is 2.29. The maximum Gasteiger partial charge on any atom is 0.0689 e. The molecule has 0 aliphatic heterocycles. The summed E-state index contributed by atoms with van der Waals surface area (Å²) < 4.78 is 24.4. The summed E-state index contributed by atoms with van der Waals surface area (Å²) in [6, 6.07) is 0. The normalized spacial score (nSPS) is 17.9. The Bertz CT molecular complexity index is 490. The van der Waals surface area contributed by atoms with Crippen molar-refractivity contribution in [1.29, 1.82) is 0 Å². The first kappa shape index (κ1) is 31.5. The first-order valence-electron chi connectivity index (χ1n) is 11.5. The Morgan fingerprint density at radius 3 is 1.45 bits per heavy atom. The van der Waals surface area contributed by atoms with Crippen molar-refractivity contribution < 1.29 is 18.9 Å². The molecule has 0 aliphatic carbocycles. The van der Waals surface area contributed by atoms with Gasteiger partial charge in [0, 0.05) is 20.6 Å². The van der Waals surface area contributed by atoms with Crippen LogP contribution in [0.15, 0.2) is 0 Å². The Labute approximate surface area is 200 Å². The van der Waals surface area contributed by atoms with Crippen LogP contribution in [-0.4, -0.2) is 86.4 Å². The molecule has 0 aromatic carbocycles. The van der Waals surface area contributed by atoms with E-state index < -0.39 is 10.0 Å². The molecule has 6 heteroatoms. The van der Waals surface area contributed by atoms with Crippen molar-refractivity contribution in [3.8, 4) is 0 Å². The molecular formula is C25H54O4S2. The zero-order chi connectivity index (χ0) is 24.4. The molecule has 0 radical (unpaired) electrons. The van der Waals surface area contributed by atoms with Gasteiger partial charge in [0.05, 0.1) is 35.6 Å². The minimum atomic E-state index is -0.594. The van der Waals surface area contributed by atoms with E-state index in [9.17, 15) is 0 Å². The second kappa shape index (κ2) is 13.4. The van der Waals surface area contributed by atoms with Crippen LogP contribution in [0, 0.1) is 0 Å². The number of ether oxygens (including phenoxy) is 4. The van der Waals surface area contributed by atoms with Crippen molar-refractivity contribution in [1.82, 2.24) is 0 Å². The molecule has 2 atom stereocenters. The molecule has 31 heavy (non-hydrogen) atoms. The lowest BCUT2D eigenvalue weighted by atomic mass is 9.85. The minimum absolute atomic E-state index is 0.165. The van der Waals surface area contributed by atoms with Gasteiger partial charge >= 0.3 is 0 Å². The molecule has 190 valence electrons. The molecule has 0 heterocycles. The molecule has 0 aromatic heterocycles. The van der Waals surface area contributed by atoms with Crippen molar-refractivity contribution in [2.75, 3.05) is 64.0 Å². The number of methoxy groups -OCH3 is 2. The SMILES string of the molecule is COC(C)(C)CCOC(C)(CCSC)CC(C)(CCS(C)(C)C)OCCC(C)(C)OC. The van der Waals surface area contributed by atoms with Crippen molar-refractivity contribution in [3.05, 3.63) is 0 Å². The van der Waals surface area contributed by atoms with Crippen LogP contribution in [-0.2, 0) is 18.9 Å². The average molecular weight is 483 g/mol. The zero-order valence-electron chi connectivity index (χ0n) is 22.8. The molecule has 0 amide bonds. The summed E-state index contributed by atoms with van der Waals surface area (Å²) in [7, 11) is 2.95. The lowest BCUT2D eigenvalue weighted by Gasteiger charge is -2.42. The van der Waals surface area contributed by atoms with Crippen LogP contribution in [0.5, 0.6) is 0 Å². The van der Waals surface area contributed by atoms with Gasteiger partial charge in [-0.05, 0) is 104 Å². The van der Waals surface area contributed by atoms with Gasteiger partial charge in [0.25, 0.3) is 0 Å². The van der Waals surface area contributed by atoms with Crippen LogP contribution < -0.4 is 0 Å². The molecule has 0 N–H and O–H groups in total. The highest BCUT2D eigenvalue weighted by Crippen LogP contribution is 2.41. The maximum absolute atomic E-state index is 6.63. The molecule has 0 saturated heterocycles. The fourth-order valence-corrected chi connectivity index (χ4v) is 5.02. The largest absolute Gasteiger partial charge is 0.379 e. The van der Waals surface area contributed by atoms with Crippen LogP contribution in [0.2, 0.25) is 0 Å². The van der Waals surface area contributed by atoms with E-state index in [4.69, 9.17) is 18.9 Å². The standard InChI is InChI=1S/C25H54O4S2/c1-22(2,26-7)13-17-28-24(5,15-19-30-9)21-25(6,16-20-31(10,11)12)29-18-14-23(3,4)27-8/h13-21H2,1-12H3. The summed E-state index contributed by atoms with van der Waals surface area (Å²) in [4.78, 5) is 0. The van der Waals surface area contributed by atoms with Gasteiger partial charge in [-0.25, -0.2) is 10.0 Å². The topological polar surface area (TPSA) is 36.9 Å². The number of hydrogen-bond donors (Lipinski definition) is 0. The van der Waals surface area contributed by atoms with E-state index in [0.717, 1.165) is 37.9 Å². The van der Waals surface area contributed by atoms with Gasteiger partial charge in [-0.1, -0.05) is 0 Å². The monoisotopic (exact) mass is 482 g/mol. The average Bonchev–Trinajstić information content (AvgIpc) is 2.64. The Morgan fingerprint density at radius 1 is 0.677 bits per heavy atom. The second-order valence-electron chi connectivity index (χ2n) is 11.5. The van der Waals surface area contributed by atoms with Crippen molar-refractivity contribution in [3.63, 3.8) is 0 Å². The summed E-state index contributed by atoms with van der Waals surface area (Å²) >= 11 is 1.88. The van der Waals surface area contributed by atoms with Gasteiger partial charge in [-0.15, -0.1) is 0 Å². The predicted octanol–water partition coefficient (Wildman–Crippen LogP) is 6.39. The van der Waals surface area contributed by atoms with Crippen LogP contribution in [0.25, 0.3) is 0 Å². The van der Waals surface area contributed by atoms with Gasteiger partial charge < -0.3 is 18.9 Å². The highest BCUT2D eigenvalue weighted by atomic mass is 32.3. The Balaban J connectivity index is 5.38. The molecule has 0 bridgehead atoms. The summed E-state index contributed by atoms with van der Waals surface area (Å²) in [6.45, 7) is 14.4. The van der Waals surface area contributed by atoms with Crippen molar-refractivity contribution in [2.24, 2.45) is 0 Å². The highest BCUT2D eigenvalue weighted by molar-refractivity contribution is 8.32. The van der Waals surface area contributed by atoms with E-state index in [0.29, 0.717) is 13.2 Å². The number of thioether (sulfide) groups is 1.